The minimum Gasteiger partial charge on any atom is -0.458 e. The predicted molar refractivity (Wildman–Crippen MR) is 105 cm³/mol. The summed E-state index contributed by atoms with van der Waals surface area (Å²) in [5, 5.41) is 10.7. The average Bonchev–Trinajstić information content (AvgIpc) is 3.17. The number of carbonyl (C=O) groups is 3. The average molecular weight is 420 g/mol. The number of epoxide rings is 1. The van der Waals surface area contributed by atoms with E-state index in [0.717, 1.165) is 0 Å². The molecule has 0 aromatic rings. The van der Waals surface area contributed by atoms with Gasteiger partial charge in [-0.1, -0.05) is 6.58 Å². The summed E-state index contributed by atoms with van der Waals surface area (Å²) in [6, 6.07) is 0. The monoisotopic (exact) mass is 420 g/mol. The Labute approximate surface area is 175 Å². The van der Waals surface area contributed by atoms with Gasteiger partial charge < -0.3 is 24.1 Å². The number of aliphatic hydroxyl groups is 1. The molecule has 2 saturated heterocycles. The number of esters is 3. The van der Waals surface area contributed by atoms with Gasteiger partial charge in [0.25, 0.3) is 0 Å². The third-order valence-corrected chi connectivity index (χ3v) is 6.04. The van der Waals surface area contributed by atoms with E-state index in [1.807, 2.05) is 0 Å². The van der Waals surface area contributed by atoms with E-state index >= 15 is 0 Å². The van der Waals surface area contributed by atoms with E-state index in [1.54, 1.807) is 39.8 Å². The first kappa shape index (κ1) is 22.2. The zero-order chi connectivity index (χ0) is 22.4. The number of hydrogen-bond donors (Lipinski definition) is 1. The molecule has 1 aliphatic carbocycles. The summed E-state index contributed by atoms with van der Waals surface area (Å²) in [7, 11) is 0. The molecule has 0 spiro atoms. The van der Waals surface area contributed by atoms with Gasteiger partial charge in [0.1, 0.15) is 18.3 Å². The predicted octanol–water partition coefficient (Wildman–Crippen LogP) is 1.76. The van der Waals surface area contributed by atoms with Crippen LogP contribution < -0.4 is 0 Å². The van der Waals surface area contributed by atoms with Gasteiger partial charge in [0, 0.05) is 18.9 Å². The molecule has 0 radical (unpaired) electrons. The standard InChI is InChI=1S/C22H28O8/c1-10-7-18(29-21(26)22(6)13(4)30-22)19-12(3)20(25)28-17(19)8-11(2)16(9-15(10)24)27-14(5)23/h7-8,13,15-19,24H,3,9H2,1-2,4-6H3/b10-7-,11-8+/t13-,15-,16+,17-,18-,19+,22+/m1/s1. The minimum atomic E-state index is -1.04. The summed E-state index contributed by atoms with van der Waals surface area (Å²) in [4.78, 5) is 36.5. The lowest BCUT2D eigenvalue weighted by atomic mass is 9.85. The van der Waals surface area contributed by atoms with Crippen LogP contribution in [0.2, 0.25) is 0 Å². The quantitative estimate of drug-likeness (QED) is 0.242. The maximum absolute atomic E-state index is 12.7. The van der Waals surface area contributed by atoms with Crippen molar-refractivity contribution >= 4 is 17.9 Å². The Morgan fingerprint density at radius 2 is 1.87 bits per heavy atom. The van der Waals surface area contributed by atoms with E-state index in [9.17, 15) is 19.5 Å². The van der Waals surface area contributed by atoms with E-state index in [0.29, 0.717) is 11.1 Å². The number of rotatable bonds is 3. The molecule has 0 aromatic heterocycles. The van der Waals surface area contributed by atoms with Crippen molar-refractivity contribution in [2.45, 2.75) is 77.2 Å². The molecular weight excluding hydrogens is 392 g/mol. The van der Waals surface area contributed by atoms with Gasteiger partial charge in [-0.05, 0) is 51.0 Å². The molecular formula is C22H28O8. The van der Waals surface area contributed by atoms with E-state index in [1.165, 1.54) is 6.92 Å². The molecule has 0 aromatic carbocycles. The first-order chi connectivity index (χ1) is 13.9. The highest BCUT2D eigenvalue weighted by Crippen LogP contribution is 2.40. The minimum absolute atomic E-state index is 0.120. The fourth-order valence-corrected chi connectivity index (χ4v) is 3.78. The second kappa shape index (κ2) is 8.00. The first-order valence-electron chi connectivity index (χ1n) is 9.94. The highest BCUT2D eigenvalue weighted by Gasteiger charge is 2.58. The lowest BCUT2D eigenvalue weighted by molar-refractivity contribution is -0.155. The maximum Gasteiger partial charge on any atom is 0.341 e. The molecule has 3 aliphatic rings. The second-order valence-electron chi connectivity index (χ2n) is 8.33. The lowest BCUT2D eigenvalue weighted by Gasteiger charge is -2.29. The van der Waals surface area contributed by atoms with Crippen molar-refractivity contribution in [1.29, 1.82) is 0 Å². The fourth-order valence-electron chi connectivity index (χ4n) is 3.78. The van der Waals surface area contributed by atoms with Gasteiger partial charge in [0.2, 0.25) is 0 Å². The Morgan fingerprint density at radius 3 is 2.43 bits per heavy atom. The van der Waals surface area contributed by atoms with Crippen LogP contribution in [0.3, 0.4) is 0 Å². The van der Waals surface area contributed by atoms with Crippen LogP contribution in [0, 0.1) is 5.92 Å². The van der Waals surface area contributed by atoms with Crippen molar-refractivity contribution in [3.05, 3.63) is 35.5 Å². The SMILES string of the molecule is C=C1C(=O)O[C@@H]2/C=C(\C)[C@@H](OC(C)=O)C[C@@H](O)/C(C)=C\[C@@H](OC(=O)[C@@]3(C)O[C@@H]3C)[C@@H]12. The van der Waals surface area contributed by atoms with E-state index in [4.69, 9.17) is 18.9 Å². The molecule has 8 heteroatoms. The molecule has 1 N–H and O–H groups in total. The molecule has 7 atom stereocenters. The molecule has 0 amide bonds. The molecule has 2 aliphatic heterocycles. The van der Waals surface area contributed by atoms with Crippen LogP contribution in [0.25, 0.3) is 0 Å². The summed E-state index contributed by atoms with van der Waals surface area (Å²) in [5.74, 6) is -2.32. The molecule has 8 nitrogen and oxygen atoms in total. The van der Waals surface area contributed by atoms with Crippen LogP contribution in [-0.2, 0) is 33.3 Å². The summed E-state index contributed by atoms with van der Waals surface area (Å²) in [6.07, 6.45) is -0.176. The third kappa shape index (κ3) is 4.20. The van der Waals surface area contributed by atoms with Crippen molar-refractivity contribution in [3.8, 4) is 0 Å². The van der Waals surface area contributed by atoms with Gasteiger partial charge in [-0.3, -0.25) is 4.79 Å². The Hall–Kier alpha value is -2.45. The van der Waals surface area contributed by atoms with Crippen LogP contribution in [0.15, 0.2) is 35.5 Å². The fraction of sp³-hybridized carbons (Fsp3) is 0.591. The zero-order valence-corrected chi connectivity index (χ0v) is 17.8. The molecule has 30 heavy (non-hydrogen) atoms. The summed E-state index contributed by atoms with van der Waals surface area (Å²) >= 11 is 0. The van der Waals surface area contributed by atoms with Crippen LogP contribution >= 0.6 is 0 Å². The number of ether oxygens (including phenoxy) is 4. The molecule has 0 bridgehead atoms. The topological polar surface area (TPSA) is 112 Å². The molecule has 3 rings (SSSR count). The van der Waals surface area contributed by atoms with E-state index in [2.05, 4.69) is 6.58 Å². The normalized spacial score (nSPS) is 42.1. The van der Waals surface area contributed by atoms with Crippen molar-refractivity contribution in [2.75, 3.05) is 0 Å². The maximum atomic E-state index is 12.7. The highest BCUT2D eigenvalue weighted by atomic mass is 16.7. The number of hydrogen-bond acceptors (Lipinski definition) is 8. The van der Waals surface area contributed by atoms with E-state index < -0.39 is 53.8 Å². The van der Waals surface area contributed by atoms with Gasteiger partial charge in [-0.2, -0.15) is 0 Å². The molecule has 0 saturated carbocycles. The second-order valence-corrected chi connectivity index (χ2v) is 8.33. The molecule has 2 heterocycles. The first-order valence-corrected chi connectivity index (χ1v) is 9.94. The van der Waals surface area contributed by atoms with Crippen molar-refractivity contribution < 1.29 is 38.4 Å². The number of aliphatic hydroxyl groups excluding tert-OH is 1. The van der Waals surface area contributed by atoms with Gasteiger partial charge in [0.15, 0.2) is 5.60 Å². The van der Waals surface area contributed by atoms with Gasteiger partial charge in [-0.15, -0.1) is 0 Å². The van der Waals surface area contributed by atoms with E-state index in [-0.39, 0.29) is 18.1 Å². The zero-order valence-electron chi connectivity index (χ0n) is 17.8. The molecule has 0 unspecified atom stereocenters. The highest BCUT2D eigenvalue weighted by molar-refractivity contribution is 5.91. The van der Waals surface area contributed by atoms with Gasteiger partial charge in [-0.25, -0.2) is 9.59 Å². The van der Waals surface area contributed by atoms with Crippen LogP contribution in [0.5, 0.6) is 0 Å². The van der Waals surface area contributed by atoms with Crippen LogP contribution in [-0.4, -0.2) is 59.1 Å². The van der Waals surface area contributed by atoms with Gasteiger partial charge >= 0.3 is 17.9 Å². The molecule has 164 valence electrons. The number of fused-ring (bicyclic) bond motifs is 1. The van der Waals surface area contributed by atoms with Crippen molar-refractivity contribution in [3.63, 3.8) is 0 Å². The summed E-state index contributed by atoms with van der Waals surface area (Å²) in [5.41, 5.74) is 0.260. The van der Waals surface area contributed by atoms with Crippen LogP contribution in [0.4, 0.5) is 0 Å². The largest absolute Gasteiger partial charge is 0.458 e. The Morgan fingerprint density at radius 1 is 1.23 bits per heavy atom. The van der Waals surface area contributed by atoms with Crippen LogP contribution in [0.1, 0.15) is 41.0 Å². The molecule has 2 fully saturated rings. The van der Waals surface area contributed by atoms with Crippen molar-refractivity contribution in [2.24, 2.45) is 5.92 Å². The third-order valence-electron chi connectivity index (χ3n) is 6.04. The Kier molecular flexibility index (Phi) is 5.93. The Balaban J connectivity index is 1.99. The smallest absolute Gasteiger partial charge is 0.341 e. The lowest BCUT2D eigenvalue weighted by Crippen LogP contribution is -2.37. The Bertz CT molecular complexity index is 840. The summed E-state index contributed by atoms with van der Waals surface area (Å²) in [6.45, 7) is 11.9. The van der Waals surface area contributed by atoms with Crippen molar-refractivity contribution in [1.82, 2.24) is 0 Å². The number of carbonyl (C=O) groups excluding carboxylic acids is 3. The van der Waals surface area contributed by atoms with Gasteiger partial charge in [0.05, 0.1) is 18.1 Å². The summed E-state index contributed by atoms with van der Waals surface area (Å²) < 4.78 is 21.9.